The number of carbonyl (C=O) groups is 2. The SMILES string of the molecule is O=C(O)C1CCN(C(=O)Nc2ccc(S(=O)(=O)N3CCOCC3)s2)CC1. The molecule has 1 aromatic rings. The number of aliphatic carboxylic acids is 1. The smallest absolute Gasteiger partial charge is 0.322 e. The number of nitrogens with zero attached hydrogens (tertiary/aromatic N) is 2. The molecule has 0 aliphatic carbocycles. The number of sulfonamides is 1. The number of likely N-dealkylation sites (tertiary alicyclic amines) is 1. The molecule has 11 heteroatoms. The van der Waals surface area contributed by atoms with Gasteiger partial charge in [0.15, 0.2) is 0 Å². The van der Waals surface area contributed by atoms with E-state index in [1.807, 2.05) is 0 Å². The van der Waals surface area contributed by atoms with E-state index in [0.29, 0.717) is 57.2 Å². The summed E-state index contributed by atoms with van der Waals surface area (Å²) < 4.78 is 31.9. The Bertz CT molecular complexity index is 764. The second-order valence-corrected chi connectivity index (χ2v) is 9.41. The Morgan fingerprint density at radius 3 is 2.42 bits per heavy atom. The molecule has 144 valence electrons. The lowest BCUT2D eigenvalue weighted by Gasteiger charge is -2.29. The van der Waals surface area contributed by atoms with Crippen LogP contribution in [0.15, 0.2) is 16.3 Å². The van der Waals surface area contributed by atoms with Gasteiger partial charge in [-0.2, -0.15) is 4.31 Å². The summed E-state index contributed by atoms with van der Waals surface area (Å²) in [6.07, 6.45) is 0.841. The zero-order chi connectivity index (χ0) is 18.7. The van der Waals surface area contributed by atoms with Gasteiger partial charge < -0.3 is 14.7 Å². The van der Waals surface area contributed by atoms with E-state index in [9.17, 15) is 18.0 Å². The lowest BCUT2D eigenvalue weighted by Crippen LogP contribution is -2.42. The van der Waals surface area contributed by atoms with Crippen LogP contribution in [0.25, 0.3) is 0 Å². The highest BCUT2D eigenvalue weighted by molar-refractivity contribution is 7.91. The van der Waals surface area contributed by atoms with Gasteiger partial charge in [0.2, 0.25) is 0 Å². The highest BCUT2D eigenvalue weighted by Crippen LogP contribution is 2.29. The number of carboxylic acids is 1. The lowest BCUT2D eigenvalue weighted by atomic mass is 9.97. The van der Waals surface area contributed by atoms with E-state index in [4.69, 9.17) is 9.84 Å². The molecule has 2 N–H and O–H groups in total. The fourth-order valence-corrected chi connectivity index (χ4v) is 5.71. The first-order valence-corrected chi connectivity index (χ1v) is 10.6. The van der Waals surface area contributed by atoms with Crippen molar-refractivity contribution in [2.45, 2.75) is 17.1 Å². The number of piperidine rings is 1. The first-order valence-electron chi connectivity index (χ1n) is 8.34. The molecule has 0 atom stereocenters. The van der Waals surface area contributed by atoms with Crippen molar-refractivity contribution in [3.63, 3.8) is 0 Å². The first kappa shape index (κ1) is 19.1. The Labute approximate surface area is 155 Å². The summed E-state index contributed by atoms with van der Waals surface area (Å²) in [5, 5.41) is 12.1. The van der Waals surface area contributed by atoms with Crippen LogP contribution < -0.4 is 5.32 Å². The minimum absolute atomic E-state index is 0.180. The minimum Gasteiger partial charge on any atom is -0.481 e. The number of carbonyl (C=O) groups excluding carboxylic acids is 1. The number of hydrogen-bond donors (Lipinski definition) is 2. The van der Waals surface area contributed by atoms with Gasteiger partial charge in [0.05, 0.1) is 24.1 Å². The fraction of sp³-hybridized carbons (Fsp3) is 0.600. The Hall–Kier alpha value is -1.69. The number of amides is 2. The van der Waals surface area contributed by atoms with Gasteiger partial charge in [0, 0.05) is 26.2 Å². The van der Waals surface area contributed by atoms with Gasteiger partial charge in [-0.1, -0.05) is 0 Å². The van der Waals surface area contributed by atoms with Crippen LogP contribution in [0, 0.1) is 5.92 Å². The Kier molecular flexibility index (Phi) is 5.80. The van der Waals surface area contributed by atoms with Crippen molar-refractivity contribution in [2.75, 3.05) is 44.7 Å². The second kappa shape index (κ2) is 7.91. The minimum atomic E-state index is -3.58. The molecule has 2 aliphatic rings. The van der Waals surface area contributed by atoms with Crippen molar-refractivity contribution in [1.29, 1.82) is 0 Å². The molecular weight excluding hydrogens is 382 g/mol. The average Bonchev–Trinajstić information content (AvgIpc) is 3.12. The molecule has 2 amide bonds. The molecule has 2 fully saturated rings. The summed E-state index contributed by atoms with van der Waals surface area (Å²) in [6.45, 7) is 2.13. The van der Waals surface area contributed by atoms with Gasteiger partial charge in [0.25, 0.3) is 10.0 Å². The van der Waals surface area contributed by atoms with Gasteiger partial charge in [-0.25, -0.2) is 13.2 Å². The van der Waals surface area contributed by atoms with E-state index in [0.717, 1.165) is 11.3 Å². The molecule has 1 aromatic heterocycles. The Morgan fingerprint density at radius 2 is 1.81 bits per heavy atom. The zero-order valence-corrected chi connectivity index (χ0v) is 15.7. The molecule has 0 bridgehead atoms. The summed E-state index contributed by atoms with van der Waals surface area (Å²) in [5.41, 5.74) is 0. The largest absolute Gasteiger partial charge is 0.481 e. The molecule has 0 spiro atoms. The first-order chi connectivity index (χ1) is 12.4. The fourth-order valence-electron chi connectivity index (χ4n) is 2.95. The van der Waals surface area contributed by atoms with Crippen LogP contribution >= 0.6 is 11.3 Å². The quantitative estimate of drug-likeness (QED) is 0.778. The summed E-state index contributed by atoms with van der Waals surface area (Å²) in [6, 6.07) is 2.72. The Balaban J connectivity index is 1.60. The van der Waals surface area contributed by atoms with E-state index in [1.54, 1.807) is 11.0 Å². The van der Waals surface area contributed by atoms with E-state index in [-0.39, 0.29) is 10.2 Å². The number of anilines is 1. The third-order valence-corrected chi connectivity index (χ3v) is 7.87. The van der Waals surface area contributed by atoms with Crippen molar-refractivity contribution in [3.8, 4) is 0 Å². The molecule has 3 rings (SSSR count). The van der Waals surface area contributed by atoms with Crippen LogP contribution in [-0.4, -0.2) is 74.1 Å². The average molecular weight is 403 g/mol. The van der Waals surface area contributed by atoms with E-state index in [1.165, 1.54) is 10.4 Å². The normalized spacial score (nSPS) is 20.1. The van der Waals surface area contributed by atoms with Gasteiger partial charge in [-0.3, -0.25) is 10.1 Å². The van der Waals surface area contributed by atoms with Crippen LogP contribution in [0.4, 0.5) is 9.80 Å². The monoisotopic (exact) mass is 403 g/mol. The number of carboxylic acid groups (broad SMARTS) is 1. The highest BCUT2D eigenvalue weighted by Gasteiger charge is 2.29. The maximum Gasteiger partial charge on any atom is 0.322 e. The van der Waals surface area contributed by atoms with E-state index in [2.05, 4.69) is 5.32 Å². The summed E-state index contributed by atoms with van der Waals surface area (Å²) in [7, 11) is -3.58. The van der Waals surface area contributed by atoms with Crippen LogP contribution in [0.2, 0.25) is 0 Å². The molecule has 9 nitrogen and oxygen atoms in total. The molecule has 26 heavy (non-hydrogen) atoms. The van der Waals surface area contributed by atoms with Crippen LogP contribution in [-0.2, 0) is 19.6 Å². The van der Waals surface area contributed by atoms with Gasteiger partial charge in [0.1, 0.15) is 4.21 Å². The molecule has 0 saturated carbocycles. The number of morpholine rings is 1. The topological polar surface area (TPSA) is 116 Å². The van der Waals surface area contributed by atoms with Gasteiger partial charge in [-0.15, -0.1) is 11.3 Å². The molecule has 2 saturated heterocycles. The predicted octanol–water partition coefficient (Wildman–Crippen LogP) is 1.10. The molecule has 3 heterocycles. The van der Waals surface area contributed by atoms with Crippen LogP contribution in [0.1, 0.15) is 12.8 Å². The third kappa shape index (κ3) is 4.17. The van der Waals surface area contributed by atoms with E-state index >= 15 is 0 Å². The number of thiophene rings is 1. The highest BCUT2D eigenvalue weighted by atomic mass is 32.2. The molecule has 0 unspecified atom stereocenters. The summed E-state index contributed by atoms with van der Waals surface area (Å²) >= 11 is 1.01. The maximum absolute atomic E-state index is 12.6. The van der Waals surface area contributed by atoms with E-state index < -0.39 is 21.9 Å². The molecular formula is C15H21N3O6S2. The van der Waals surface area contributed by atoms with Crippen LogP contribution in [0.3, 0.4) is 0 Å². The van der Waals surface area contributed by atoms with Crippen molar-refractivity contribution in [2.24, 2.45) is 5.92 Å². The standard InChI is InChI=1S/C15H21N3O6S2/c19-14(20)11-3-5-17(6-4-11)15(21)16-12-1-2-13(25-12)26(22,23)18-7-9-24-10-8-18/h1-2,11H,3-10H2,(H,16,21)(H,19,20). The molecule has 0 aromatic carbocycles. The number of ether oxygens (including phenoxy) is 1. The summed E-state index contributed by atoms with van der Waals surface area (Å²) in [5.74, 6) is -1.24. The second-order valence-electron chi connectivity index (χ2n) is 6.16. The van der Waals surface area contributed by atoms with Gasteiger partial charge >= 0.3 is 12.0 Å². The number of nitrogens with one attached hydrogen (secondary N) is 1. The van der Waals surface area contributed by atoms with Crippen LogP contribution in [0.5, 0.6) is 0 Å². The number of urea groups is 1. The van der Waals surface area contributed by atoms with Crippen molar-refractivity contribution in [3.05, 3.63) is 12.1 Å². The predicted molar refractivity (Wildman–Crippen MR) is 94.8 cm³/mol. The lowest BCUT2D eigenvalue weighted by molar-refractivity contribution is -0.143. The summed E-state index contributed by atoms with van der Waals surface area (Å²) in [4.78, 5) is 24.8. The number of rotatable bonds is 4. The molecule has 2 aliphatic heterocycles. The third-order valence-electron chi connectivity index (χ3n) is 4.51. The maximum atomic E-state index is 12.6. The zero-order valence-electron chi connectivity index (χ0n) is 14.1. The number of hydrogen-bond acceptors (Lipinski definition) is 6. The molecule has 0 radical (unpaired) electrons. The van der Waals surface area contributed by atoms with Crippen molar-refractivity contribution < 1.29 is 27.9 Å². The Morgan fingerprint density at radius 1 is 1.15 bits per heavy atom. The van der Waals surface area contributed by atoms with Crippen molar-refractivity contribution >= 4 is 38.4 Å². The van der Waals surface area contributed by atoms with Gasteiger partial charge in [-0.05, 0) is 25.0 Å². The van der Waals surface area contributed by atoms with Crippen molar-refractivity contribution in [1.82, 2.24) is 9.21 Å².